The Hall–Kier alpha value is -2.19. The number of carbonyl (C=O) groups excluding carboxylic acids is 3. The molecule has 4 aliphatic heterocycles. The fourth-order valence-electron chi connectivity index (χ4n) is 5.68. The zero-order valence-electron chi connectivity index (χ0n) is 18.7. The van der Waals surface area contributed by atoms with Crippen molar-refractivity contribution in [3.05, 3.63) is 24.3 Å². The number of rotatable bonds is 4. The molecule has 8 heteroatoms. The van der Waals surface area contributed by atoms with Crippen molar-refractivity contribution in [3.8, 4) is 0 Å². The van der Waals surface area contributed by atoms with Gasteiger partial charge in [0.2, 0.25) is 11.8 Å². The zero-order chi connectivity index (χ0) is 22.6. The molecule has 0 aliphatic carbocycles. The lowest BCUT2D eigenvalue weighted by atomic mass is 9.73. The van der Waals surface area contributed by atoms with Crippen molar-refractivity contribution >= 4 is 17.8 Å². The Balaban J connectivity index is 1.89. The minimum absolute atomic E-state index is 0.102. The van der Waals surface area contributed by atoms with Crippen LogP contribution in [0.15, 0.2) is 24.3 Å². The molecule has 2 fully saturated rings. The van der Waals surface area contributed by atoms with Crippen LogP contribution in [0, 0.1) is 11.8 Å². The number of hydrogen-bond donors (Lipinski definition) is 1. The van der Waals surface area contributed by atoms with E-state index in [1.54, 1.807) is 11.0 Å². The summed E-state index contributed by atoms with van der Waals surface area (Å²) in [5, 5.41) is 9.40. The van der Waals surface area contributed by atoms with Crippen LogP contribution in [0.2, 0.25) is 0 Å². The fraction of sp³-hybridized carbons (Fsp3) is 0.696. The van der Waals surface area contributed by atoms with E-state index >= 15 is 0 Å². The number of likely N-dealkylation sites (tertiary alicyclic amines) is 1. The van der Waals surface area contributed by atoms with Gasteiger partial charge in [0.15, 0.2) is 0 Å². The highest BCUT2D eigenvalue weighted by molar-refractivity contribution is 5.99. The second kappa shape index (κ2) is 7.45. The third kappa shape index (κ3) is 3.06. The number of fused-ring (bicyclic) bond motifs is 2. The van der Waals surface area contributed by atoms with E-state index in [9.17, 15) is 19.5 Å². The minimum Gasteiger partial charge on any atom is -0.461 e. The van der Waals surface area contributed by atoms with Crippen molar-refractivity contribution < 1.29 is 29.0 Å². The van der Waals surface area contributed by atoms with E-state index in [4.69, 9.17) is 9.47 Å². The largest absolute Gasteiger partial charge is 0.461 e. The number of aliphatic hydroxyl groups excluding tert-OH is 1. The Morgan fingerprint density at radius 2 is 1.87 bits per heavy atom. The molecule has 170 valence electrons. The highest BCUT2D eigenvalue weighted by Gasteiger charge is 2.75. The molecule has 4 rings (SSSR count). The number of ether oxygens (including phenoxy) is 2. The first kappa shape index (κ1) is 22.0. The smallest absolute Gasteiger partial charge is 0.313 e. The van der Waals surface area contributed by atoms with Gasteiger partial charge in [-0.3, -0.25) is 14.4 Å². The highest BCUT2D eigenvalue weighted by Crippen LogP contribution is 2.58. The molecule has 31 heavy (non-hydrogen) atoms. The first-order chi connectivity index (χ1) is 14.6. The maximum atomic E-state index is 13.9. The van der Waals surface area contributed by atoms with Crippen molar-refractivity contribution in [3.63, 3.8) is 0 Å². The molecule has 1 unspecified atom stereocenters. The lowest BCUT2D eigenvalue weighted by Crippen LogP contribution is -2.59. The molecule has 2 amide bonds. The number of carbonyl (C=O) groups is 3. The van der Waals surface area contributed by atoms with Crippen LogP contribution in [0.3, 0.4) is 0 Å². The van der Waals surface area contributed by atoms with Gasteiger partial charge in [0.05, 0.1) is 5.92 Å². The molecule has 4 aliphatic rings. The Morgan fingerprint density at radius 1 is 1.13 bits per heavy atom. The molecular formula is C23H32N2O6. The summed E-state index contributed by atoms with van der Waals surface area (Å²) in [6, 6.07) is -0.897. The first-order valence-electron chi connectivity index (χ1n) is 11.1. The summed E-state index contributed by atoms with van der Waals surface area (Å²) < 4.78 is 12.1. The summed E-state index contributed by atoms with van der Waals surface area (Å²) in [5.74, 6) is -2.65. The van der Waals surface area contributed by atoms with Crippen molar-refractivity contribution in [1.29, 1.82) is 0 Å². The maximum absolute atomic E-state index is 13.9. The van der Waals surface area contributed by atoms with Gasteiger partial charge in [0.1, 0.15) is 29.8 Å². The van der Waals surface area contributed by atoms with Crippen molar-refractivity contribution in [1.82, 2.24) is 9.80 Å². The molecule has 0 aromatic heterocycles. The summed E-state index contributed by atoms with van der Waals surface area (Å²) in [5.41, 5.74) is -2.72. The van der Waals surface area contributed by atoms with Crippen molar-refractivity contribution in [2.45, 2.75) is 63.3 Å². The zero-order valence-corrected chi connectivity index (χ0v) is 18.7. The van der Waals surface area contributed by atoms with Gasteiger partial charge in [0, 0.05) is 25.2 Å². The third-order valence-electron chi connectivity index (χ3n) is 7.06. The van der Waals surface area contributed by atoms with Crippen LogP contribution in [0.25, 0.3) is 0 Å². The summed E-state index contributed by atoms with van der Waals surface area (Å²) in [4.78, 5) is 44.0. The van der Waals surface area contributed by atoms with Gasteiger partial charge in [-0.05, 0) is 39.7 Å². The molecule has 0 aromatic carbocycles. The van der Waals surface area contributed by atoms with E-state index in [1.165, 1.54) is 4.90 Å². The first-order valence-corrected chi connectivity index (χ1v) is 11.1. The number of nitrogens with zero attached hydrogens (tertiary/aromatic N) is 2. The van der Waals surface area contributed by atoms with E-state index in [0.29, 0.717) is 19.4 Å². The number of hydrogen-bond acceptors (Lipinski definition) is 6. The number of esters is 1. The van der Waals surface area contributed by atoms with Crippen molar-refractivity contribution in [2.24, 2.45) is 11.8 Å². The summed E-state index contributed by atoms with van der Waals surface area (Å²) >= 11 is 0. The molecule has 5 atom stereocenters. The predicted molar refractivity (Wildman–Crippen MR) is 112 cm³/mol. The molecule has 0 bridgehead atoms. The topological polar surface area (TPSA) is 96.4 Å². The Bertz CT molecular complexity index is 845. The quantitative estimate of drug-likeness (QED) is 0.527. The summed E-state index contributed by atoms with van der Waals surface area (Å²) in [7, 11) is 0. The fourth-order valence-corrected chi connectivity index (χ4v) is 5.68. The Kier molecular flexibility index (Phi) is 5.29. The van der Waals surface area contributed by atoms with E-state index < -0.39 is 40.6 Å². The van der Waals surface area contributed by atoms with Gasteiger partial charge >= 0.3 is 5.97 Å². The predicted octanol–water partition coefficient (Wildman–Crippen LogP) is 1.04. The monoisotopic (exact) mass is 432 g/mol. The second-order valence-electron chi connectivity index (χ2n) is 9.79. The van der Waals surface area contributed by atoms with Crippen LogP contribution in [0.5, 0.6) is 0 Å². The van der Waals surface area contributed by atoms with Gasteiger partial charge in [-0.25, -0.2) is 0 Å². The van der Waals surface area contributed by atoms with Gasteiger partial charge < -0.3 is 24.4 Å². The molecule has 2 saturated heterocycles. The molecule has 0 saturated carbocycles. The SMILES string of the molecule is CC[C@@]12C=CCOC(=O)[C@@H]1[C@H]1C(=O)N(CCCO)C3C(=O)N(C(C)(C)C)CC=C[C@@]31O2. The molecule has 1 N–H and O–H groups in total. The average molecular weight is 433 g/mol. The normalized spacial score (nSPS) is 37.3. The van der Waals surface area contributed by atoms with E-state index in [1.807, 2.05) is 45.9 Å². The summed E-state index contributed by atoms with van der Waals surface area (Å²) in [6.45, 7) is 8.43. The van der Waals surface area contributed by atoms with Gasteiger partial charge in [0.25, 0.3) is 0 Å². The molecule has 0 aromatic rings. The van der Waals surface area contributed by atoms with Crippen LogP contribution in [0.4, 0.5) is 0 Å². The molecule has 4 heterocycles. The third-order valence-corrected chi connectivity index (χ3v) is 7.06. The van der Waals surface area contributed by atoms with Crippen LogP contribution in [-0.2, 0) is 23.9 Å². The Morgan fingerprint density at radius 3 is 2.52 bits per heavy atom. The number of aliphatic hydroxyl groups is 1. The minimum atomic E-state index is -1.26. The van der Waals surface area contributed by atoms with E-state index in [0.717, 1.165) is 0 Å². The van der Waals surface area contributed by atoms with Gasteiger partial charge in [-0.15, -0.1) is 0 Å². The van der Waals surface area contributed by atoms with Crippen molar-refractivity contribution in [2.75, 3.05) is 26.3 Å². The van der Waals surface area contributed by atoms with Crippen LogP contribution >= 0.6 is 0 Å². The Labute approximate surface area is 182 Å². The number of amides is 2. The van der Waals surface area contributed by atoms with Gasteiger partial charge in [-0.2, -0.15) is 0 Å². The number of cyclic esters (lactones) is 1. The maximum Gasteiger partial charge on any atom is 0.313 e. The second-order valence-corrected chi connectivity index (χ2v) is 9.79. The highest BCUT2D eigenvalue weighted by atomic mass is 16.6. The van der Waals surface area contributed by atoms with Crippen LogP contribution in [0.1, 0.15) is 40.5 Å². The average Bonchev–Trinajstić information content (AvgIpc) is 2.97. The van der Waals surface area contributed by atoms with Crippen LogP contribution < -0.4 is 0 Å². The molecule has 0 radical (unpaired) electrons. The van der Waals surface area contributed by atoms with E-state index in [-0.39, 0.29) is 31.6 Å². The molecule has 1 spiro atoms. The van der Waals surface area contributed by atoms with E-state index in [2.05, 4.69) is 0 Å². The summed E-state index contributed by atoms with van der Waals surface area (Å²) in [6.07, 6.45) is 8.11. The van der Waals surface area contributed by atoms with Gasteiger partial charge in [-0.1, -0.05) is 25.2 Å². The standard InChI is InChI=1S/C23H32N2O6/c1-5-22-9-7-14-30-20(29)16(22)15-18(27)24(11-8-13-26)17-19(28)25(21(2,3)4)12-6-10-23(15,17)31-22/h6-7,9-10,15-17,26H,5,8,11-14H2,1-4H3/t15-,16-,17?,22+,23-/m0/s1. The lowest BCUT2D eigenvalue weighted by Gasteiger charge is -2.41. The lowest BCUT2D eigenvalue weighted by molar-refractivity contribution is -0.160. The molecular weight excluding hydrogens is 400 g/mol. The van der Waals surface area contributed by atoms with Crippen LogP contribution in [-0.4, -0.2) is 81.8 Å². The molecule has 8 nitrogen and oxygen atoms in total.